The molecule has 286 valence electrons. The molecule has 8 rings (SSSR count). The summed E-state index contributed by atoms with van der Waals surface area (Å²) in [6.45, 7) is 14.3. The molecule has 4 saturated carbocycles. The molecule has 7 aliphatic rings. The molecule has 0 aromatic heterocycles. The first-order chi connectivity index (χ1) is 24.4. The van der Waals surface area contributed by atoms with E-state index in [1.165, 1.54) is 5.57 Å². The summed E-state index contributed by atoms with van der Waals surface area (Å²) in [5, 5.41) is 43.6. The first-order valence-corrected chi connectivity index (χ1v) is 19.9. The molecule has 15 atom stereocenters. The Bertz CT molecular complexity index is 1620. The second-order valence-electron chi connectivity index (χ2n) is 19.7. The van der Waals surface area contributed by atoms with E-state index in [2.05, 4.69) is 47.6 Å². The molecular formula is C43H60O9. The molecule has 0 bridgehead atoms. The number of rotatable bonds is 5. The number of esters is 1. The van der Waals surface area contributed by atoms with Gasteiger partial charge in [0.1, 0.15) is 31.0 Å². The average Bonchev–Trinajstić information content (AvgIpc) is 3.09. The maximum Gasteiger partial charge on any atom is 0.338 e. The molecule has 2 saturated heterocycles. The number of ether oxygens (including phenoxy) is 3. The average molecular weight is 721 g/mol. The van der Waals surface area contributed by atoms with Crippen LogP contribution in [-0.4, -0.2) is 74.6 Å². The van der Waals surface area contributed by atoms with Gasteiger partial charge in [0.05, 0.1) is 17.1 Å². The molecule has 9 heteroatoms. The van der Waals surface area contributed by atoms with Crippen LogP contribution in [-0.2, 0) is 30.4 Å². The molecule has 2 aliphatic heterocycles. The van der Waals surface area contributed by atoms with Crippen molar-refractivity contribution < 1.29 is 44.2 Å². The highest BCUT2D eigenvalue weighted by molar-refractivity contribution is 5.77. The van der Waals surface area contributed by atoms with E-state index in [-0.39, 0.29) is 46.0 Å². The zero-order valence-corrected chi connectivity index (χ0v) is 31.8. The molecule has 52 heavy (non-hydrogen) atoms. The second-order valence-corrected chi connectivity index (χ2v) is 19.7. The summed E-state index contributed by atoms with van der Waals surface area (Å²) >= 11 is 0. The zero-order valence-electron chi connectivity index (χ0n) is 31.8. The molecule has 2 heterocycles. The van der Waals surface area contributed by atoms with E-state index in [0.29, 0.717) is 5.92 Å². The van der Waals surface area contributed by atoms with Crippen LogP contribution in [0.3, 0.4) is 0 Å². The van der Waals surface area contributed by atoms with Crippen molar-refractivity contribution in [1.82, 2.24) is 0 Å². The molecule has 1 aromatic carbocycles. The molecule has 6 fully saturated rings. The number of carboxylic acid groups (broad SMARTS) is 1. The number of aliphatic hydroxyl groups excluding tert-OH is 3. The fourth-order valence-corrected chi connectivity index (χ4v) is 13.7. The fourth-order valence-electron chi connectivity index (χ4n) is 13.7. The Morgan fingerprint density at radius 3 is 2.25 bits per heavy atom. The third-order valence-electron chi connectivity index (χ3n) is 17.0. The number of aliphatic carboxylic acids is 1. The van der Waals surface area contributed by atoms with Crippen LogP contribution >= 0.6 is 0 Å². The van der Waals surface area contributed by atoms with Crippen molar-refractivity contribution in [3.63, 3.8) is 0 Å². The number of allylic oxidation sites excluding steroid dienone is 2. The number of carboxylic acids is 1. The minimum Gasteiger partial charge on any atom is -0.481 e. The fraction of sp³-hybridized carbons (Fsp3) is 0.767. The van der Waals surface area contributed by atoms with E-state index >= 15 is 0 Å². The molecule has 6 unspecified atom stereocenters. The number of fused-ring (bicyclic) bond motifs is 9. The van der Waals surface area contributed by atoms with Crippen molar-refractivity contribution in [1.29, 1.82) is 0 Å². The van der Waals surface area contributed by atoms with Gasteiger partial charge < -0.3 is 34.6 Å². The van der Waals surface area contributed by atoms with Gasteiger partial charge in [-0.1, -0.05) is 76.6 Å². The van der Waals surface area contributed by atoms with Crippen molar-refractivity contribution in [3.8, 4) is 0 Å². The van der Waals surface area contributed by atoms with Crippen LogP contribution in [0.5, 0.6) is 0 Å². The Hall–Kier alpha value is -2.30. The summed E-state index contributed by atoms with van der Waals surface area (Å²) in [4.78, 5) is 26.2. The first-order valence-electron chi connectivity index (χ1n) is 19.9. The van der Waals surface area contributed by atoms with Gasteiger partial charge in [-0.2, -0.15) is 0 Å². The minimum atomic E-state index is -1.63. The quantitative estimate of drug-likeness (QED) is 0.206. The molecule has 5 aliphatic carbocycles. The zero-order chi connectivity index (χ0) is 37.2. The van der Waals surface area contributed by atoms with Crippen LogP contribution in [0.2, 0.25) is 0 Å². The molecule has 0 spiro atoms. The van der Waals surface area contributed by atoms with Gasteiger partial charge in [0.25, 0.3) is 0 Å². The van der Waals surface area contributed by atoms with Gasteiger partial charge in [0.15, 0.2) is 6.10 Å². The van der Waals surface area contributed by atoms with Crippen molar-refractivity contribution in [2.45, 2.75) is 155 Å². The molecule has 9 nitrogen and oxygen atoms in total. The van der Waals surface area contributed by atoms with Gasteiger partial charge >= 0.3 is 11.9 Å². The number of hydrogen-bond donors (Lipinski definition) is 4. The highest BCUT2D eigenvalue weighted by Crippen LogP contribution is 2.76. The molecule has 0 amide bonds. The standard InChI is InChI=1S/C43H60O9/c1-38(2)18-20-43(37(48)49)21-19-40(4)25(27(43)22-38)12-13-28-39(3)16-14-26-33(52-42(26,6)29(39)15-17-41(28,40)5)34-31(45)30(44)32(46)35(51-34)36(47)50-23-24-10-8-7-9-11-24/h7-12,26-35,44-46H,13-23H2,1-6H3,(H,48,49)/t26-,27?,28?,29?,30?,31?,32+,33-,34-,35?,39-,40-,41-,42-,43+/m1/s1. The molecular weight excluding hydrogens is 660 g/mol. The first kappa shape index (κ1) is 36.7. The number of aliphatic hydroxyl groups is 3. The van der Waals surface area contributed by atoms with Gasteiger partial charge in [0, 0.05) is 5.92 Å². The Morgan fingerprint density at radius 2 is 1.54 bits per heavy atom. The smallest absolute Gasteiger partial charge is 0.338 e. The maximum atomic E-state index is 13.2. The lowest BCUT2D eigenvalue weighted by Gasteiger charge is -2.74. The Kier molecular flexibility index (Phi) is 8.53. The summed E-state index contributed by atoms with van der Waals surface area (Å²) in [7, 11) is 0. The summed E-state index contributed by atoms with van der Waals surface area (Å²) in [6, 6.07) is 9.23. The predicted octanol–water partition coefficient (Wildman–Crippen LogP) is 6.21. The minimum absolute atomic E-state index is 0.00530. The summed E-state index contributed by atoms with van der Waals surface area (Å²) in [6.07, 6.45) is 4.06. The predicted molar refractivity (Wildman–Crippen MR) is 193 cm³/mol. The van der Waals surface area contributed by atoms with Crippen molar-refractivity contribution in [2.75, 3.05) is 0 Å². The van der Waals surface area contributed by atoms with E-state index in [9.17, 15) is 30.0 Å². The van der Waals surface area contributed by atoms with Crippen LogP contribution in [0.15, 0.2) is 42.0 Å². The van der Waals surface area contributed by atoms with Gasteiger partial charge in [-0.25, -0.2) is 4.79 Å². The monoisotopic (exact) mass is 720 g/mol. The van der Waals surface area contributed by atoms with Crippen molar-refractivity contribution in [2.24, 2.45) is 50.7 Å². The summed E-state index contributed by atoms with van der Waals surface area (Å²) in [5.41, 5.74) is 1.18. The lowest BCUT2D eigenvalue weighted by Crippen LogP contribution is -2.76. The Morgan fingerprint density at radius 1 is 0.827 bits per heavy atom. The summed E-state index contributed by atoms with van der Waals surface area (Å²) in [5.74, 6) is -0.570. The SMILES string of the molecule is CC1(C)CC[C@]2(C(=O)O)CC[C@]3(C)C(=CCC4[C@@]5(C)CC[C@@H]6[C@H]([C@@H]7OC(C(=O)OCc8ccccc8)[C@@H](O)C(O)C7O)O[C@@]6(C)C5CC[C@]43C)C2C1. The number of carbonyl (C=O) groups excluding carboxylic acids is 1. The van der Waals surface area contributed by atoms with E-state index in [1.54, 1.807) is 0 Å². The van der Waals surface area contributed by atoms with E-state index in [4.69, 9.17) is 14.2 Å². The van der Waals surface area contributed by atoms with Crippen molar-refractivity contribution in [3.05, 3.63) is 47.5 Å². The maximum absolute atomic E-state index is 13.2. The third kappa shape index (κ3) is 4.97. The third-order valence-corrected chi connectivity index (χ3v) is 17.0. The van der Waals surface area contributed by atoms with E-state index < -0.39 is 59.6 Å². The van der Waals surface area contributed by atoms with Crippen LogP contribution in [0.25, 0.3) is 0 Å². The summed E-state index contributed by atoms with van der Waals surface area (Å²) < 4.78 is 18.5. The highest BCUT2D eigenvalue weighted by Gasteiger charge is 2.73. The van der Waals surface area contributed by atoms with Gasteiger partial charge in [-0.05, 0) is 116 Å². The topological polar surface area (TPSA) is 143 Å². The van der Waals surface area contributed by atoms with Crippen LogP contribution in [0.4, 0.5) is 0 Å². The Labute approximate surface area is 308 Å². The van der Waals surface area contributed by atoms with Gasteiger partial charge in [-0.3, -0.25) is 4.79 Å². The van der Waals surface area contributed by atoms with Gasteiger partial charge in [-0.15, -0.1) is 0 Å². The number of carbonyl (C=O) groups is 2. The van der Waals surface area contributed by atoms with Crippen LogP contribution in [0.1, 0.15) is 111 Å². The van der Waals surface area contributed by atoms with Crippen LogP contribution < -0.4 is 0 Å². The van der Waals surface area contributed by atoms with Crippen molar-refractivity contribution >= 4 is 11.9 Å². The number of benzene rings is 1. The van der Waals surface area contributed by atoms with E-state index in [1.807, 2.05) is 30.3 Å². The normalized spacial score (nSPS) is 50.4. The van der Waals surface area contributed by atoms with E-state index in [0.717, 1.165) is 69.8 Å². The second kappa shape index (κ2) is 12.1. The lowest BCUT2D eigenvalue weighted by atomic mass is 9.33. The van der Waals surface area contributed by atoms with Crippen LogP contribution in [0, 0.1) is 50.7 Å². The molecule has 0 radical (unpaired) electrons. The van der Waals surface area contributed by atoms with Gasteiger partial charge in [0.2, 0.25) is 0 Å². The lowest BCUT2D eigenvalue weighted by molar-refractivity contribution is -0.372. The highest BCUT2D eigenvalue weighted by atomic mass is 16.6. The largest absolute Gasteiger partial charge is 0.481 e. The molecule has 4 N–H and O–H groups in total. The number of hydrogen-bond acceptors (Lipinski definition) is 8. The Balaban J connectivity index is 1.02. The molecule has 1 aromatic rings.